The van der Waals surface area contributed by atoms with Crippen molar-refractivity contribution >= 4 is 17.0 Å². The normalized spacial score (nSPS) is 15.8. The van der Waals surface area contributed by atoms with E-state index in [1.807, 2.05) is 24.4 Å². The summed E-state index contributed by atoms with van der Waals surface area (Å²) >= 11 is 0. The molecule has 0 unspecified atom stereocenters. The number of aliphatic hydroxyl groups excluding tert-OH is 1. The highest BCUT2D eigenvalue weighted by Gasteiger charge is 2.21. The van der Waals surface area contributed by atoms with Crippen molar-refractivity contribution in [2.45, 2.75) is 25.4 Å². The first-order valence-electron chi connectivity index (χ1n) is 10.5. The van der Waals surface area contributed by atoms with Crippen LogP contribution in [0.1, 0.15) is 18.5 Å². The number of aromatic nitrogens is 3. The maximum Gasteiger partial charge on any atom is 0.204 e. The van der Waals surface area contributed by atoms with E-state index in [9.17, 15) is 0 Å². The number of hydrogen-bond donors (Lipinski definition) is 3. The number of piperidine rings is 1. The Hall–Kier alpha value is -2.48. The van der Waals surface area contributed by atoms with Crippen LogP contribution in [0.2, 0.25) is 0 Å². The minimum Gasteiger partial charge on any atom is -0.395 e. The van der Waals surface area contributed by atoms with Gasteiger partial charge in [-0.15, -0.1) is 0 Å². The van der Waals surface area contributed by atoms with Crippen LogP contribution < -0.4 is 10.6 Å². The van der Waals surface area contributed by atoms with Gasteiger partial charge in [-0.3, -0.25) is 4.98 Å². The Morgan fingerprint density at radius 2 is 1.86 bits per heavy atom. The van der Waals surface area contributed by atoms with Crippen LogP contribution in [-0.4, -0.2) is 69.9 Å². The van der Waals surface area contributed by atoms with E-state index < -0.39 is 0 Å². The Morgan fingerprint density at radius 1 is 1.03 bits per heavy atom. The van der Waals surface area contributed by atoms with Crippen LogP contribution in [0.3, 0.4) is 0 Å². The SMILES string of the molecule is OCCNCCN1CCC(Nc2nc3ccccc3n2Cc2ccccn2)CC1. The Balaban J connectivity index is 1.41. The molecule has 0 bridgehead atoms. The lowest BCUT2D eigenvalue weighted by Crippen LogP contribution is -2.42. The van der Waals surface area contributed by atoms with E-state index in [0.29, 0.717) is 19.1 Å². The molecule has 1 saturated heterocycles. The molecular formula is C22H30N6O. The number of nitrogens with one attached hydrogen (secondary N) is 2. The average Bonchev–Trinajstić information content (AvgIpc) is 3.10. The smallest absolute Gasteiger partial charge is 0.204 e. The van der Waals surface area contributed by atoms with Gasteiger partial charge < -0.3 is 25.2 Å². The molecule has 0 atom stereocenters. The molecule has 1 fully saturated rings. The number of aliphatic hydroxyl groups is 1. The van der Waals surface area contributed by atoms with Crippen molar-refractivity contribution in [2.75, 3.05) is 44.6 Å². The zero-order valence-corrected chi connectivity index (χ0v) is 16.8. The van der Waals surface area contributed by atoms with E-state index in [0.717, 1.165) is 61.7 Å². The molecule has 4 rings (SSSR count). The number of fused-ring (bicyclic) bond motifs is 1. The number of likely N-dealkylation sites (tertiary alicyclic amines) is 1. The third-order valence-electron chi connectivity index (χ3n) is 5.51. The predicted octanol–water partition coefficient (Wildman–Crippen LogP) is 1.94. The van der Waals surface area contributed by atoms with Crippen molar-refractivity contribution in [2.24, 2.45) is 0 Å². The highest BCUT2D eigenvalue weighted by molar-refractivity contribution is 5.78. The van der Waals surface area contributed by atoms with Gasteiger partial charge in [0.05, 0.1) is 29.9 Å². The molecule has 0 saturated carbocycles. The minimum atomic E-state index is 0.200. The largest absolute Gasteiger partial charge is 0.395 e. The molecule has 3 N–H and O–H groups in total. The average molecular weight is 395 g/mol. The molecular weight excluding hydrogens is 364 g/mol. The second-order valence-corrected chi connectivity index (χ2v) is 7.57. The molecule has 7 nitrogen and oxygen atoms in total. The number of nitrogens with zero attached hydrogens (tertiary/aromatic N) is 4. The van der Waals surface area contributed by atoms with Crippen molar-refractivity contribution in [1.82, 2.24) is 24.8 Å². The second kappa shape index (κ2) is 9.82. The molecule has 1 aliphatic heterocycles. The summed E-state index contributed by atoms with van der Waals surface area (Å²) in [7, 11) is 0. The summed E-state index contributed by atoms with van der Waals surface area (Å²) in [6, 6.07) is 14.7. The lowest BCUT2D eigenvalue weighted by atomic mass is 10.1. The molecule has 0 radical (unpaired) electrons. The highest BCUT2D eigenvalue weighted by atomic mass is 16.3. The van der Waals surface area contributed by atoms with Gasteiger partial charge >= 0.3 is 0 Å². The Bertz CT molecular complexity index is 889. The van der Waals surface area contributed by atoms with Gasteiger partial charge in [-0.05, 0) is 37.1 Å². The molecule has 29 heavy (non-hydrogen) atoms. The molecule has 3 heterocycles. The fraction of sp³-hybridized carbons (Fsp3) is 0.455. The summed E-state index contributed by atoms with van der Waals surface area (Å²) < 4.78 is 2.24. The molecule has 1 aliphatic rings. The van der Waals surface area contributed by atoms with Crippen LogP contribution in [-0.2, 0) is 6.54 Å². The standard InChI is InChI=1S/C22H30N6O/c29-16-12-23-11-15-27-13-8-18(9-14-27)25-22-26-20-6-1-2-7-21(20)28(22)17-19-5-3-4-10-24-19/h1-7,10,18,23,29H,8-9,11-17H2,(H,25,26). The van der Waals surface area contributed by atoms with E-state index in [4.69, 9.17) is 10.1 Å². The number of imidazole rings is 1. The van der Waals surface area contributed by atoms with E-state index in [1.165, 1.54) is 0 Å². The maximum absolute atomic E-state index is 8.85. The molecule has 154 valence electrons. The molecule has 2 aromatic heterocycles. The molecule has 0 amide bonds. The Kier molecular flexibility index (Phi) is 6.71. The summed E-state index contributed by atoms with van der Waals surface area (Å²) in [4.78, 5) is 11.8. The number of para-hydroxylation sites is 2. The van der Waals surface area contributed by atoms with Gasteiger partial charge in [0.25, 0.3) is 0 Å². The maximum atomic E-state index is 8.85. The van der Waals surface area contributed by atoms with Gasteiger partial charge in [0, 0.05) is 45.0 Å². The number of hydrogen-bond acceptors (Lipinski definition) is 6. The monoisotopic (exact) mass is 394 g/mol. The van der Waals surface area contributed by atoms with Crippen LogP contribution in [0.25, 0.3) is 11.0 Å². The summed E-state index contributed by atoms with van der Waals surface area (Å²) in [5.41, 5.74) is 3.18. The number of rotatable bonds is 9. The lowest BCUT2D eigenvalue weighted by Gasteiger charge is -2.32. The predicted molar refractivity (Wildman–Crippen MR) is 116 cm³/mol. The van der Waals surface area contributed by atoms with Crippen LogP contribution in [0, 0.1) is 0 Å². The fourth-order valence-electron chi connectivity index (χ4n) is 3.92. The van der Waals surface area contributed by atoms with Crippen LogP contribution >= 0.6 is 0 Å². The van der Waals surface area contributed by atoms with Crippen LogP contribution in [0.4, 0.5) is 5.95 Å². The molecule has 7 heteroatoms. The van der Waals surface area contributed by atoms with Gasteiger partial charge in [-0.1, -0.05) is 18.2 Å². The van der Waals surface area contributed by atoms with Crippen LogP contribution in [0.15, 0.2) is 48.7 Å². The number of pyridine rings is 1. The van der Waals surface area contributed by atoms with E-state index in [1.54, 1.807) is 0 Å². The third kappa shape index (κ3) is 5.12. The zero-order valence-electron chi connectivity index (χ0n) is 16.8. The summed E-state index contributed by atoms with van der Waals surface area (Å²) in [5.74, 6) is 0.930. The Morgan fingerprint density at radius 3 is 2.66 bits per heavy atom. The summed E-state index contributed by atoms with van der Waals surface area (Å²) in [6.07, 6.45) is 4.05. The van der Waals surface area contributed by atoms with Crippen molar-refractivity contribution in [3.05, 3.63) is 54.4 Å². The van der Waals surface area contributed by atoms with Crippen molar-refractivity contribution in [3.63, 3.8) is 0 Å². The molecule has 3 aromatic rings. The molecule has 1 aromatic carbocycles. The van der Waals surface area contributed by atoms with Gasteiger partial charge in [-0.25, -0.2) is 4.98 Å². The number of anilines is 1. The van der Waals surface area contributed by atoms with Gasteiger partial charge in [0.2, 0.25) is 5.95 Å². The van der Waals surface area contributed by atoms with Gasteiger partial charge in [0.15, 0.2) is 0 Å². The topological polar surface area (TPSA) is 78.2 Å². The second-order valence-electron chi connectivity index (χ2n) is 7.57. The van der Waals surface area contributed by atoms with Crippen molar-refractivity contribution in [3.8, 4) is 0 Å². The minimum absolute atomic E-state index is 0.200. The first-order chi connectivity index (χ1) is 14.3. The fourth-order valence-corrected chi connectivity index (χ4v) is 3.92. The van der Waals surface area contributed by atoms with Crippen molar-refractivity contribution in [1.29, 1.82) is 0 Å². The van der Waals surface area contributed by atoms with E-state index in [2.05, 4.69) is 49.4 Å². The van der Waals surface area contributed by atoms with E-state index in [-0.39, 0.29) is 6.61 Å². The number of benzene rings is 1. The third-order valence-corrected chi connectivity index (χ3v) is 5.51. The van der Waals surface area contributed by atoms with Gasteiger partial charge in [0.1, 0.15) is 0 Å². The molecule has 0 spiro atoms. The lowest BCUT2D eigenvalue weighted by molar-refractivity contribution is 0.215. The quantitative estimate of drug-likeness (QED) is 0.482. The summed E-state index contributed by atoms with van der Waals surface area (Å²) in [6.45, 7) is 5.70. The summed E-state index contributed by atoms with van der Waals surface area (Å²) in [5, 5.41) is 15.8. The first kappa shape index (κ1) is 19.8. The van der Waals surface area contributed by atoms with Crippen molar-refractivity contribution < 1.29 is 5.11 Å². The zero-order chi connectivity index (χ0) is 19.9. The highest BCUT2D eigenvalue weighted by Crippen LogP contribution is 2.23. The molecule has 0 aliphatic carbocycles. The van der Waals surface area contributed by atoms with E-state index >= 15 is 0 Å². The first-order valence-corrected chi connectivity index (χ1v) is 10.5. The van der Waals surface area contributed by atoms with Crippen LogP contribution in [0.5, 0.6) is 0 Å². The Labute approximate surface area is 171 Å². The van der Waals surface area contributed by atoms with Gasteiger partial charge in [-0.2, -0.15) is 0 Å².